The van der Waals surface area contributed by atoms with Gasteiger partial charge >= 0.3 is 0 Å². The van der Waals surface area contributed by atoms with E-state index in [0.29, 0.717) is 12.1 Å². The molecular formula is C16H24N2O. The minimum atomic E-state index is 0.469. The van der Waals surface area contributed by atoms with E-state index in [1.807, 2.05) is 0 Å². The molecule has 3 rings (SSSR count). The van der Waals surface area contributed by atoms with Gasteiger partial charge in [0.15, 0.2) is 0 Å². The average Bonchev–Trinajstić information content (AvgIpc) is 2.49. The van der Waals surface area contributed by atoms with Gasteiger partial charge in [0.05, 0.1) is 6.61 Å². The third-order valence-corrected chi connectivity index (χ3v) is 4.42. The summed E-state index contributed by atoms with van der Waals surface area (Å²) >= 11 is 0. The van der Waals surface area contributed by atoms with Crippen LogP contribution >= 0.6 is 0 Å². The predicted molar refractivity (Wildman–Crippen MR) is 77.3 cm³/mol. The molecule has 0 spiro atoms. The molecule has 0 radical (unpaired) electrons. The highest BCUT2D eigenvalue weighted by atomic mass is 16.5. The molecule has 1 aromatic rings. The molecular weight excluding hydrogens is 236 g/mol. The molecule has 0 unspecified atom stereocenters. The third kappa shape index (κ3) is 2.99. The first kappa shape index (κ1) is 13.1. The van der Waals surface area contributed by atoms with Crippen molar-refractivity contribution in [2.24, 2.45) is 0 Å². The van der Waals surface area contributed by atoms with Gasteiger partial charge in [0.1, 0.15) is 0 Å². The molecule has 0 saturated carbocycles. The van der Waals surface area contributed by atoms with E-state index < -0.39 is 0 Å². The van der Waals surface area contributed by atoms with Crippen LogP contribution in [0.4, 0.5) is 0 Å². The number of benzene rings is 1. The Balaban J connectivity index is 1.69. The zero-order chi connectivity index (χ0) is 13.1. The second-order valence-electron chi connectivity index (χ2n) is 5.73. The molecule has 0 amide bonds. The van der Waals surface area contributed by atoms with Crippen LogP contribution in [0.1, 0.15) is 30.0 Å². The van der Waals surface area contributed by atoms with Crippen molar-refractivity contribution in [1.29, 1.82) is 0 Å². The normalized spacial score (nSPS) is 29.3. The summed E-state index contributed by atoms with van der Waals surface area (Å²) in [7, 11) is 0. The lowest BCUT2D eigenvalue weighted by Gasteiger charge is -2.40. The van der Waals surface area contributed by atoms with Crippen molar-refractivity contribution in [3.8, 4) is 0 Å². The summed E-state index contributed by atoms with van der Waals surface area (Å²) in [6.07, 6.45) is 2.50. The number of nitrogens with one attached hydrogen (secondary N) is 1. The first-order valence-electron chi connectivity index (χ1n) is 7.45. The first-order valence-corrected chi connectivity index (χ1v) is 7.45. The monoisotopic (exact) mass is 260 g/mol. The van der Waals surface area contributed by atoms with Gasteiger partial charge < -0.3 is 10.1 Å². The third-order valence-electron chi connectivity index (χ3n) is 4.42. The summed E-state index contributed by atoms with van der Waals surface area (Å²) in [6, 6.07) is 9.83. The zero-order valence-corrected chi connectivity index (χ0v) is 11.8. The van der Waals surface area contributed by atoms with Gasteiger partial charge in [-0.15, -0.1) is 0 Å². The van der Waals surface area contributed by atoms with Crippen LogP contribution in [0, 0.1) is 6.92 Å². The van der Waals surface area contributed by atoms with E-state index in [9.17, 15) is 0 Å². The van der Waals surface area contributed by atoms with E-state index in [-0.39, 0.29) is 0 Å². The number of nitrogens with zero attached hydrogens (tertiary/aromatic N) is 1. The summed E-state index contributed by atoms with van der Waals surface area (Å²) in [4.78, 5) is 2.62. The topological polar surface area (TPSA) is 24.5 Å². The van der Waals surface area contributed by atoms with Crippen LogP contribution in [0.3, 0.4) is 0 Å². The van der Waals surface area contributed by atoms with E-state index in [1.165, 1.54) is 24.0 Å². The quantitative estimate of drug-likeness (QED) is 0.881. The predicted octanol–water partition coefficient (Wildman–Crippen LogP) is 2.12. The summed E-state index contributed by atoms with van der Waals surface area (Å²) in [6.45, 7) is 7.41. The van der Waals surface area contributed by atoms with E-state index in [4.69, 9.17) is 4.74 Å². The molecule has 2 aliphatic rings. The Bertz CT molecular complexity index is 415. The van der Waals surface area contributed by atoms with Gasteiger partial charge in [-0.3, -0.25) is 4.90 Å². The molecule has 2 aliphatic heterocycles. The fraction of sp³-hybridized carbons (Fsp3) is 0.625. The van der Waals surface area contributed by atoms with Crippen LogP contribution in [0.2, 0.25) is 0 Å². The van der Waals surface area contributed by atoms with Crippen LogP contribution in [0.25, 0.3) is 0 Å². The molecule has 1 N–H and O–H groups in total. The lowest BCUT2D eigenvalue weighted by Crippen LogP contribution is -2.52. The largest absolute Gasteiger partial charge is 0.380 e. The molecule has 2 saturated heterocycles. The highest BCUT2D eigenvalue weighted by molar-refractivity contribution is 5.29. The van der Waals surface area contributed by atoms with Crippen LogP contribution < -0.4 is 5.32 Å². The molecule has 3 heteroatoms. The molecule has 104 valence electrons. The van der Waals surface area contributed by atoms with Gasteiger partial charge in [-0.1, -0.05) is 24.3 Å². The number of hydrogen-bond donors (Lipinski definition) is 1. The van der Waals surface area contributed by atoms with Crippen molar-refractivity contribution in [1.82, 2.24) is 10.2 Å². The minimum absolute atomic E-state index is 0.469. The number of piperazine rings is 1. The lowest BCUT2D eigenvalue weighted by molar-refractivity contribution is 0.00712. The van der Waals surface area contributed by atoms with Crippen molar-refractivity contribution < 1.29 is 4.74 Å². The Morgan fingerprint density at radius 1 is 1.32 bits per heavy atom. The highest BCUT2D eigenvalue weighted by Gasteiger charge is 2.28. The SMILES string of the molecule is Cc1ccccc1[C@@H]1CN([C@@H]2CCCOC2)CCN1. The van der Waals surface area contributed by atoms with Crippen molar-refractivity contribution >= 4 is 0 Å². The number of hydrogen-bond acceptors (Lipinski definition) is 3. The first-order chi connectivity index (χ1) is 9.34. The van der Waals surface area contributed by atoms with E-state index in [0.717, 1.165) is 32.8 Å². The molecule has 2 heterocycles. The summed E-state index contributed by atoms with van der Waals surface area (Å²) < 4.78 is 5.64. The second kappa shape index (κ2) is 6.04. The molecule has 1 aromatic carbocycles. The standard InChI is InChI=1S/C16H24N2O/c1-13-5-2-3-7-15(13)16-11-18(9-8-17-16)14-6-4-10-19-12-14/h2-3,5,7,14,16-17H,4,6,8-12H2,1H3/t14-,16+/m1/s1. The molecule has 0 aliphatic carbocycles. The van der Waals surface area contributed by atoms with Gasteiger partial charge in [-0.25, -0.2) is 0 Å². The van der Waals surface area contributed by atoms with Gasteiger partial charge in [-0.05, 0) is 30.9 Å². The molecule has 19 heavy (non-hydrogen) atoms. The molecule has 0 aromatic heterocycles. The van der Waals surface area contributed by atoms with E-state index >= 15 is 0 Å². The van der Waals surface area contributed by atoms with Crippen LogP contribution in [0.15, 0.2) is 24.3 Å². The van der Waals surface area contributed by atoms with Crippen molar-refractivity contribution in [2.45, 2.75) is 31.8 Å². The minimum Gasteiger partial charge on any atom is -0.380 e. The average molecular weight is 260 g/mol. The van der Waals surface area contributed by atoms with Crippen molar-refractivity contribution in [3.63, 3.8) is 0 Å². The molecule has 2 fully saturated rings. The fourth-order valence-electron chi connectivity index (χ4n) is 3.30. The smallest absolute Gasteiger partial charge is 0.0621 e. The Morgan fingerprint density at radius 2 is 2.21 bits per heavy atom. The summed E-state index contributed by atoms with van der Waals surface area (Å²) in [5, 5.41) is 3.66. The van der Waals surface area contributed by atoms with Crippen LogP contribution in [-0.2, 0) is 4.74 Å². The fourth-order valence-corrected chi connectivity index (χ4v) is 3.30. The van der Waals surface area contributed by atoms with Crippen molar-refractivity contribution in [3.05, 3.63) is 35.4 Å². The Hall–Kier alpha value is -0.900. The van der Waals surface area contributed by atoms with Gasteiger partial charge in [0.25, 0.3) is 0 Å². The van der Waals surface area contributed by atoms with E-state index in [2.05, 4.69) is 41.4 Å². The van der Waals surface area contributed by atoms with Crippen molar-refractivity contribution in [2.75, 3.05) is 32.8 Å². The number of rotatable bonds is 2. The maximum absolute atomic E-state index is 5.64. The Labute approximate surface area is 115 Å². The Morgan fingerprint density at radius 3 is 3.00 bits per heavy atom. The maximum Gasteiger partial charge on any atom is 0.0621 e. The highest BCUT2D eigenvalue weighted by Crippen LogP contribution is 2.23. The summed E-state index contributed by atoms with van der Waals surface area (Å²) in [5.74, 6) is 0. The maximum atomic E-state index is 5.64. The van der Waals surface area contributed by atoms with E-state index in [1.54, 1.807) is 0 Å². The lowest BCUT2D eigenvalue weighted by atomic mass is 9.98. The number of ether oxygens (including phenoxy) is 1. The second-order valence-corrected chi connectivity index (χ2v) is 5.73. The van der Waals surface area contributed by atoms with Crippen LogP contribution in [-0.4, -0.2) is 43.8 Å². The summed E-state index contributed by atoms with van der Waals surface area (Å²) in [5.41, 5.74) is 2.84. The van der Waals surface area contributed by atoms with Gasteiger partial charge in [0.2, 0.25) is 0 Å². The Kier molecular flexibility index (Phi) is 4.16. The van der Waals surface area contributed by atoms with Gasteiger partial charge in [0, 0.05) is 38.3 Å². The van der Waals surface area contributed by atoms with Crippen LogP contribution in [0.5, 0.6) is 0 Å². The molecule has 0 bridgehead atoms. The molecule has 2 atom stereocenters. The zero-order valence-electron chi connectivity index (χ0n) is 11.8. The number of aryl methyl sites for hydroxylation is 1. The molecule has 3 nitrogen and oxygen atoms in total. The van der Waals surface area contributed by atoms with Gasteiger partial charge in [-0.2, -0.15) is 0 Å².